The van der Waals surface area contributed by atoms with E-state index in [-0.39, 0.29) is 13.0 Å². The van der Waals surface area contributed by atoms with Crippen LogP contribution >= 0.6 is 0 Å². The van der Waals surface area contributed by atoms with E-state index in [4.69, 9.17) is 15.0 Å². The number of primary amides is 1. The van der Waals surface area contributed by atoms with E-state index in [0.29, 0.717) is 0 Å². The van der Waals surface area contributed by atoms with E-state index in [1.54, 1.807) is 0 Å². The molecule has 1 unspecified atom stereocenters. The van der Waals surface area contributed by atoms with Crippen LogP contribution in [0.15, 0.2) is 0 Å². The average Bonchev–Trinajstić information content (AvgIpc) is 2.01. The maximum atomic E-state index is 9.83. The highest BCUT2D eigenvalue weighted by atomic mass is 16.7. The Hall–Kier alpha value is -1.99. The molecule has 0 radical (unpaired) electrons. The molecule has 0 saturated heterocycles. The predicted octanol–water partition coefficient (Wildman–Crippen LogP) is -0.134. The van der Waals surface area contributed by atoms with Crippen molar-refractivity contribution in [1.29, 1.82) is 0 Å². The standard InChI is InChI=1S/C5H8O6.CH3NO/c1-3(11-5(8)9)2-10-4(6)7;2-1-3/h3H,2H2,1H3,(H,6,7)(H,8,9);1H,(H2,2,3). The van der Waals surface area contributed by atoms with Gasteiger partial charge >= 0.3 is 12.3 Å². The highest BCUT2D eigenvalue weighted by Crippen LogP contribution is 1.92. The largest absolute Gasteiger partial charge is 0.506 e. The summed E-state index contributed by atoms with van der Waals surface area (Å²) < 4.78 is 8.16. The van der Waals surface area contributed by atoms with Gasteiger partial charge in [-0.3, -0.25) is 4.79 Å². The molecule has 0 bridgehead atoms. The van der Waals surface area contributed by atoms with Crippen molar-refractivity contribution in [2.75, 3.05) is 6.61 Å². The van der Waals surface area contributed by atoms with Crippen LogP contribution in [0.2, 0.25) is 0 Å². The number of amides is 1. The van der Waals surface area contributed by atoms with Gasteiger partial charge in [-0.05, 0) is 6.92 Å². The van der Waals surface area contributed by atoms with E-state index in [9.17, 15) is 9.59 Å². The monoisotopic (exact) mass is 209 g/mol. The molecule has 8 nitrogen and oxygen atoms in total. The van der Waals surface area contributed by atoms with Crippen LogP contribution in [-0.4, -0.2) is 41.6 Å². The minimum Gasteiger partial charge on any atom is -0.450 e. The van der Waals surface area contributed by atoms with Gasteiger partial charge in [0.05, 0.1) is 0 Å². The Bertz CT molecular complexity index is 193. The van der Waals surface area contributed by atoms with Crippen molar-refractivity contribution in [3.05, 3.63) is 0 Å². The molecule has 0 fully saturated rings. The zero-order valence-corrected chi connectivity index (χ0v) is 7.37. The fourth-order valence-corrected chi connectivity index (χ4v) is 0.395. The third-order valence-electron chi connectivity index (χ3n) is 0.744. The molecule has 0 saturated carbocycles. The highest BCUT2D eigenvalue weighted by molar-refractivity contribution is 5.58. The number of ether oxygens (including phenoxy) is 2. The van der Waals surface area contributed by atoms with Crippen molar-refractivity contribution in [2.45, 2.75) is 13.0 Å². The van der Waals surface area contributed by atoms with Crippen molar-refractivity contribution >= 4 is 18.7 Å². The van der Waals surface area contributed by atoms with Gasteiger partial charge < -0.3 is 25.4 Å². The minimum absolute atomic E-state index is 0.250. The fraction of sp³-hybridized carbons (Fsp3) is 0.500. The van der Waals surface area contributed by atoms with Gasteiger partial charge in [-0.2, -0.15) is 0 Å². The van der Waals surface area contributed by atoms with Gasteiger partial charge in [-0.25, -0.2) is 9.59 Å². The van der Waals surface area contributed by atoms with Crippen molar-refractivity contribution in [3.63, 3.8) is 0 Å². The fourth-order valence-electron chi connectivity index (χ4n) is 0.395. The number of hydrogen-bond acceptors (Lipinski definition) is 5. The zero-order valence-electron chi connectivity index (χ0n) is 7.37. The lowest BCUT2D eigenvalue weighted by molar-refractivity contribution is -0.106. The first kappa shape index (κ1) is 14.5. The van der Waals surface area contributed by atoms with Crippen molar-refractivity contribution in [3.8, 4) is 0 Å². The van der Waals surface area contributed by atoms with Crippen molar-refractivity contribution < 1.29 is 34.1 Å². The molecule has 0 aliphatic rings. The summed E-state index contributed by atoms with van der Waals surface area (Å²) in [6.45, 7) is 1.10. The lowest BCUT2D eigenvalue weighted by Gasteiger charge is -2.08. The van der Waals surface area contributed by atoms with Crippen LogP contribution < -0.4 is 5.73 Å². The summed E-state index contributed by atoms with van der Waals surface area (Å²) >= 11 is 0. The van der Waals surface area contributed by atoms with E-state index in [1.165, 1.54) is 6.92 Å². The van der Waals surface area contributed by atoms with E-state index in [0.717, 1.165) is 0 Å². The normalized spacial score (nSPS) is 10.1. The highest BCUT2D eigenvalue weighted by Gasteiger charge is 2.09. The Morgan fingerprint density at radius 2 is 1.86 bits per heavy atom. The number of carboxylic acid groups (broad SMARTS) is 2. The van der Waals surface area contributed by atoms with Crippen LogP contribution in [0.3, 0.4) is 0 Å². The van der Waals surface area contributed by atoms with E-state index >= 15 is 0 Å². The molecule has 8 heteroatoms. The SMILES string of the molecule is CC(COC(=O)O)OC(=O)O.NC=O. The first-order valence-corrected chi connectivity index (χ1v) is 3.34. The predicted molar refractivity (Wildman–Crippen MR) is 42.8 cm³/mol. The summed E-state index contributed by atoms with van der Waals surface area (Å²) in [6.07, 6.45) is -3.43. The van der Waals surface area contributed by atoms with E-state index in [1.807, 2.05) is 0 Å². The van der Waals surface area contributed by atoms with Gasteiger partial charge in [0.25, 0.3) is 0 Å². The van der Waals surface area contributed by atoms with Gasteiger partial charge in [-0.1, -0.05) is 0 Å². The molecule has 14 heavy (non-hydrogen) atoms. The van der Waals surface area contributed by atoms with Gasteiger partial charge in [0.15, 0.2) is 0 Å². The maximum Gasteiger partial charge on any atom is 0.506 e. The quantitative estimate of drug-likeness (QED) is 0.434. The second-order valence-electron chi connectivity index (χ2n) is 1.91. The summed E-state index contributed by atoms with van der Waals surface area (Å²) in [6, 6.07) is 0. The lowest BCUT2D eigenvalue weighted by atomic mass is 10.4. The third-order valence-corrected chi connectivity index (χ3v) is 0.744. The molecule has 0 rings (SSSR count). The van der Waals surface area contributed by atoms with Crippen molar-refractivity contribution in [2.24, 2.45) is 5.73 Å². The molecule has 1 atom stereocenters. The Morgan fingerprint density at radius 3 is 2.14 bits per heavy atom. The molecule has 0 spiro atoms. The van der Waals surface area contributed by atoms with Crippen molar-refractivity contribution in [1.82, 2.24) is 0 Å². The van der Waals surface area contributed by atoms with Crippen LogP contribution in [0.1, 0.15) is 6.92 Å². The summed E-state index contributed by atoms with van der Waals surface area (Å²) in [5.74, 6) is 0. The second kappa shape index (κ2) is 9.10. The molecule has 0 heterocycles. The number of rotatable bonds is 3. The topological polar surface area (TPSA) is 136 Å². The Balaban J connectivity index is 0. The van der Waals surface area contributed by atoms with Crippen LogP contribution in [0.4, 0.5) is 9.59 Å². The smallest absolute Gasteiger partial charge is 0.450 e. The number of nitrogens with two attached hydrogens (primary N) is 1. The minimum atomic E-state index is -1.45. The van der Waals surface area contributed by atoms with Gasteiger partial charge in [0.2, 0.25) is 6.41 Å². The number of carbonyl (C=O) groups is 3. The first-order valence-electron chi connectivity index (χ1n) is 3.34. The summed E-state index contributed by atoms with van der Waals surface area (Å²) in [5, 5.41) is 16.0. The Morgan fingerprint density at radius 1 is 1.43 bits per heavy atom. The van der Waals surface area contributed by atoms with Crippen LogP contribution in [0.5, 0.6) is 0 Å². The Kier molecular flexibility index (Phi) is 9.45. The maximum absolute atomic E-state index is 9.83. The average molecular weight is 209 g/mol. The van der Waals surface area contributed by atoms with Gasteiger partial charge in [0.1, 0.15) is 12.7 Å². The molecule has 82 valence electrons. The molecule has 4 N–H and O–H groups in total. The van der Waals surface area contributed by atoms with Crippen LogP contribution in [-0.2, 0) is 14.3 Å². The Labute approximate surface area is 79.2 Å². The molecule has 0 aromatic rings. The summed E-state index contributed by atoms with van der Waals surface area (Å²) in [7, 11) is 0. The second-order valence-corrected chi connectivity index (χ2v) is 1.91. The summed E-state index contributed by atoms with van der Waals surface area (Å²) in [4.78, 5) is 28.2. The van der Waals surface area contributed by atoms with E-state index < -0.39 is 18.4 Å². The molecule has 0 aromatic heterocycles. The lowest BCUT2D eigenvalue weighted by Crippen LogP contribution is -2.20. The molecule has 1 amide bonds. The number of carbonyl (C=O) groups excluding carboxylic acids is 1. The molecular weight excluding hydrogens is 198 g/mol. The van der Waals surface area contributed by atoms with E-state index in [2.05, 4.69) is 15.2 Å². The zero-order chi connectivity index (χ0) is 11.6. The molecule has 0 aliphatic carbocycles. The van der Waals surface area contributed by atoms with Crippen LogP contribution in [0, 0.1) is 0 Å². The molecule has 0 aliphatic heterocycles. The summed E-state index contributed by atoms with van der Waals surface area (Å²) in [5.41, 5.74) is 4.17. The first-order chi connectivity index (χ1) is 6.43. The number of hydrogen-bond donors (Lipinski definition) is 3. The van der Waals surface area contributed by atoms with Gasteiger partial charge in [0, 0.05) is 0 Å². The van der Waals surface area contributed by atoms with Gasteiger partial charge in [-0.15, -0.1) is 0 Å². The molecular formula is C6H11NO7. The molecule has 0 aromatic carbocycles. The third kappa shape index (κ3) is 16.5. The van der Waals surface area contributed by atoms with Crippen LogP contribution in [0.25, 0.3) is 0 Å².